The van der Waals surface area contributed by atoms with Crippen molar-refractivity contribution in [2.24, 2.45) is 0 Å². The molecule has 1 amide bonds. The van der Waals surface area contributed by atoms with Crippen LogP contribution in [0.25, 0.3) is 0 Å². The number of para-hydroxylation sites is 1. The van der Waals surface area contributed by atoms with Gasteiger partial charge in [-0.2, -0.15) is 5.10 Å². The summed E-state index contributed by atoms with van der Waals surface area (Å²) in [7, 11) is 0. The van der Waals surface area contributed by atoms with Gasteiger partial charge in [-0.25, -0.2) is 4.68 Å². The third kappa shape index (κ3) is 6.26. The summed E-state index contributed by atoms with van der Waals surface area (Å²) < 4.78 is 13.5. The van der Waals surface area contributed by atoms with E-state index in [-0.39, 0.29) is 18.3 Å². The predicted molar refractivity (Wildman–Crippen MR) is 131 cm³/mol. The lowest BCUT2D eigenvalue weighted by atomic mass is 9.87. The number of anilines is 1. The second-order valence-electron chi connectivity index (χ2n) is 8.34. The van der Waals surface area contributed by atoms with Gasteiger partial charge in [-0.1, -0.05) is 48.5 Å². The molecule has 2 aliphatic rings. The number of fused-ring (bicyclic) bond motifs is 1. The topological polar surface area (TPSA) is 106 Å². The number of benzene rings is 2. The molecule has 2 aromatic carbocycles. The average molecular weight is 479 g/mol. The highest BCUT2D eigenvalue weighted by Gasteiger charge is 2.31. The molecular formula is C26H30N4O5. The molecule has 1 aromatic heterocycles. The van der Waals surface area contributed by atoms with Gasteiger partial charge in [-0.15, -0.1) is 0 Å². The zero-order chi connectivity index (χ0) is 24.5. The smallest absolute Gasteiger partial charge is 0.290 e. The number of rotatable bonds is 7. The lowest BCUT2D eigenvalue weighted by molar-refractivity contribution is -0.123. The number of hydrogen-bond donors (Lipinski definition) is 2. The van der Waals surface area contributed by atoms with E-state index in [0.29, 0.717) is 19.6 Å². The Balaban J connectivity index is 0.000000917. The van der Waals surface area contributed by atoms with Crippen LogP contribution in [0.1, 0.15) is 29.0 Å². The molecule has 35 heavy (non-hydrogen) atoms. The average Bonchev–Trinajstić information content (AvgIpc) is 3.28. The monoisotopic (exact) mass is 478 g/mol. The number of carbonyl (C=O) groups excluding carboxylic acids is 1. The molecule has 2 N–H and O–H groups in total. The normalized spacial score (nSPS) is 17.5. The Morgan fingerprint density at radius 3 is 2.57 bits per heavy atom. The first-order chi connectivity index (χ1) is 17.2. The third-order valence-corrected chi connectivity index (χ3v) is 6.13. The minimum Gasteiger partial charge on any atom is -0.492 e. The van der Waals surface area contributed by atoms with Gasteiger partial charge >= 0.3 is 0 Å². The summed E-state index contributed by atoms with van der Waals surface area (Å²) >= 11 is 0. The van der Waals surface area contributed by atoms with E-state index in [0.717, 1.165) is 61.1 Å². The summed E-state index contributed by atoms with van der Waals surface area (Å²) in [6.45, 7) is 5.28. The number of aromatic nitrogens is 2. The lowest BCUT2D eigenvalue weighted by Gasteiger charge is -2.27. The van der Waals surface area contributed by atoms with Crippen LogP contribution in [0.4, 0.5) is 5.82 Å². The number of amides is 1. The Morgan fingerprint density at radius 2 is 1.80 bits per heavy atom. The largest absolute Gasteiger partial charge is 0.492 e. The number of carbonyl (C=O) groups is 2. The molecule has 2 aliphatic heterocycles. The molecule has 3 aromatic rings. The molecule has 1 atom stereocenters. The summed E-state index contributed by atoms with van der Waals surface area (Å²) in [5, 5.41) is 14.5. The minimum absolute atomic E-state index is 0.000400. The Kier molecular flexibility index (Phi) is 8.48. The molecular weight excluding hydrogens is 448 g/mol. The Labute approximate surface area is 204 Å². The SMILES string of the molecule is O=C1CC(c2ccccc2OCCN2CCOCC2)c2cnn(Cc3ccccc3)c2N1.O=CO. The van der Waals surface area contributed by atoms with E-state index in [1.54, 1.807) is 0 Å². The maximum absolute atomic E-state index is 12.6. The second kappa shape index (κ2) is 12.1. The van der Waals surface area contributed by atoms with E-state index in [1.807, 2.05) is 47.3 Å². The fourth-order valence-electron chi connectivity index (χ4n) is 4.43. The van der Waals surface area contributed by atoms with Gasteiger partial charge in [-0.05, 0) is 11.6 Å². The predicted octanol–water partition coefficient (Wildman–Crippen LogP) is 2.82. The van der Waals surface area contributed by atoms with Crippen LogP contribution in [-0.2, 0) is 20.9 Å². The molecule has 1 unspecified atom stereocenters. The number of hydrogen-bond acceptors (Lipinski definition) is 6. The van der Waals surface area contributed by atoms with Crippen LogP contribution in [0.2, 0.25) is 0 Å². The van der Waals surface area contributed by atoms with E-state index < -0.39 is 0 Å². The zero-order valence-electron chi connectivity index (χ0n) is 19.5. The van der Waals surface area contributed by atoms with Gasteiger partial charge in [0, 0.05) is 43.1 Å². The fraction of sp³-hybridized carbons (Fsp3) is 0.346. The molecule has 1 fully saturated rings. The molecule has 3 heterocycles. The maximum Gasteiger partial charge on any atom is 0.290 e. The number of nitrogens with zero attached hydrogens (tertiary/aromatic N) is 3. The van der Waals surface area contributed by atoms with Crippen molar-refractivity contribution in [3.63, 3.8) is 0 Å². The highest BCUT2D eigenvalue weighted by Crippen LogP contribution is 2.40. The van der Waals surface area contributed by atoms with Crippen LogP contribution in [0.5, 0.6) is 5.75 Å². The summed E-state index contributed by atoms with van der Waals surface area (Å²) in [6, 6.07) is 18.2. The van der Waals surface area contributed by atoms with E-state index in [4.69, 9.17) is 19.4 Å². The standard InChI is InChI=1S/C25H28N4O3.CH2O2/c30-24-16-21(22-17-26-29(25(22)27-24)18-19-6-2-1-3-7-19)20-8-4-5-9-23(20)32-15-12-28-10-13-31-14-11-28;2-1-3/h1-9,17,21H,10-16,18H2,(H,27,30);1H,(H,2,3). The van der Waals surface area contributed by atoms with Crippen molar-refractivity contribution in [2.45, 2.75) is 18.9 Å². The van der Waals surface area contributed by atoms with Gasteiger partial charge in [0.15, 0.2) is 0 Å². The minimum atomic E-state index is -0.250. The van der Waals surface area contributed by atoms with Crippen molar-refractivity contribution in [2.75, 3.05) is 44.8 Å². The first kappa shape index (κ1) is 24.4. The van der Waals surface area contributed by atoms with Crippen molar-refractivity contribution in [1.29, 1.82) is 0 Å². The molecule has 184 valence electrons. The molecule has 0 spiro atoms. The number of ether oxygens (including phenoxy) is 2. The van der Waals surface area contributed by atoms with Gasteiger partial charge in [0.25, 0.3) is 6.47 Å². The summed E-state index contributed by atoms with van der Waals surface area (Å²) in [5.41, 5.74) is 3.20. The molecule has 0 bridgehead atoms. The van der Waals surface area contributed by atoms with Crippen LogP contribution >= 0.6 is 0 Å². The quantitative estimate of drug-likeness (QED) is 0.503. The summed E-state index contributed by atoms with van der Waals surface area (Å²) in [5.74, 6) is 1.53. The van der Waals surface area contributed by atoms with Crippen molar-refractivity contribution < 1.29 is 24.2 Å². The van der Waals surface area contributed by atoms with E-state index in [1.165, 1.54) is 0 Å². The highest BCUT2D eigenvalue weighted by molar-refractivity contribution is 5.94. The van der Waals surface area contributed by atoms with Gasteiger partial charge in [0.05, 0.1) is 26.0 Å². The Bertz CT molecular complexity index is 1110. The van der Waals surface area contributed by atoms with E-state index in [9.17, 15) is 4.79 Å². The van der Waals surface area contributed by atoms with Crippen LogP contribution in [0.15, 0.2) is 60.8 Å². The molecule has 0 saturated carbocycles. The second-order valence-corrected chi connectivity index (χ2v) is 8.34. The van der Waals surface area contributed by atoms with Crippen molar-refractivity contribution in [3.8, 4) is 5.75 Å². The first-order valence-corrected chi connectivity index (χ1v) is 11.7. The number of carboxylic acid groups (broad SMARTS) is 1. The van der Waals surface area contributed by atoms with Crippen LogP contribution in [0, 0.1) is 0 Å². The fourth-order valence-corrected chi connectivity index (χ4v) is 4.43. The third-order valence-electron chi connectivity index (χ3n) is 6.13. The van der Waals surface area contributed by atoms with Gasteiger partial charge in [0.1, 0.15) is 18.2 Å². The number of nitrogens with one attached hydrogen (secondary N) is 1. The maximum atomic E-state index is 12.6. The summed E-state index contributed by atoms with van der Waals surface area (Å²) in [6.07, 6.45) is 2.26. The lowest BCUT2D eigenvalue weighted by Crippen LogP contribution is -2.38. The summed E-state index contributed by atoms with van der Waals surface area (Å²) in [4.78, 5) is 23.3. The number of morpholine rings is 1. The Morgan fingerprint density at radius 1 is 1.09 bits per heavy atom. The van der Waals surface area contributed by atoms with Crippen LogP contribution in [0.3, 0.4) is 0 Å². The zero-order valence-corrected chi connectivity index (χ0v) is 19.5. The van der Waals surface area contributed by atoms with Gasteiger partial charge < -0.3 is 19.9 Å². The van der Waals surface area contributed by atoms with Crippen molar-refractivity contribution in [3.05, 3.63) is 77.5 Å². The van der Waals surface area contributed by atoms with Crippen molar-refractivity contribution in [1.82, 2.24) is 14.7 Å². The molecule has 1 saturated heterocycles. The molecule has 0 aliphatic carbocycles. The molecule has 5 rings (SSSR count). The van der Waals surface area contributed by atoms with Gasteiger partial charge in [0.2, 0.25) is 5.91 Å². The Hall–Kier alpha value is -3.69. The van der Waals surface area contributed by atoms with E-state index in [2.05, 4.69) is 33.5 Å². The van der Waals surface area contributed by atoms with Crippen LogP contribution < -0.4 is 10.1 Å². The van der Waals surface area contributed by atoms with E-state index >= 15 is 0 Å². The molecule has 9 heteroatoms. The highest BCUT2D eigenvalue weighted by atomic mass is 16.5. The first-order valence-electron chi connectivity index (χ1n) is 11.7. The van der Waals surface area contributed by atoms with Crippen molar-refractivity contribution >= 4 is 18.2 Å². The van der Waals surface area contributed by atoms with Crippen LogP contribution in [-0.4, -0.2) is 71.6 Å². The van der Waals surface area contributed by atoms with Gasteiger partial charge in [-0.3, -0.25) is 14.5 Å². The molecule has 0 radical (unpaired) electrons. The molecule has 9 nitrogen and oxygen atoms in total.